The number of amides is 2. The summed E-state index contributed by atoms with van der Waals surface area (Å²) in [6.07, 6.45) is 0. The number of carbonyl (C=O) groups excluding carboxylic acids is 3. The summed E-state index contributed by atoms with van der Waals surface area (Å²) in [7, 11) is 5.13. The third kappa shape index (κ3) is 5.35. The molecule has 1 heterocycles. The standard InChI is InChI=1S/C19H24N4O4S/c1-12-18(13(2)23(5)21-12)20-16(24)10-27-19(26)14-8-6-7-9-15(14)28-11-17(25)22(3)4/h6-9H,10-11H2,1-5H3,(H,20,24). The molecule has 2 rings (SSSR count). The maximum Gasteiger partial charge on any atom is 0.339 e. The van der Waals surface area contributed by atoms with Gasteiger partial charge in [0.05, 0.1) is 28.4 Å². The third-order valence-corrected chi connectivity index (χ3v) is 5.12. The quantitative estimate of drug-likeness (QED) is 0.561. The Morgan fingerprint density at radius 1 is 1.21 bits per heavy atom. The number of hydrogen-bond acceptors (Lipinski definition) is 6. The van der Waals surface area contributed by atoms with Gasteiger partial charge in [-0.3, -0.25) is 14.3 Å². The molecule has 2 amide bonds. The van der Waals surface area contributed by atoms with Crippen molar-refractivity contribution in [2.75, 3.05) is 31.8 Å². The largest absolute Gasteiger partial charge is 0.452 e. The molecule has 0 aliphatic heterocycles. The number of anilines is 1. The molecule has 0 aliphatic rings. The Bertz CT molecular complexity index is 892. The topological polar surface area (TPSA) is 93.5 Å². The van der Waals surface area contributed by atoms with Crippen molar-refractivity contribution in [3.8, 4) is 0 Å². The Balaban J connectivity index is 1.97. The zero-order valence-electron chi connectivity index (χ0n) is 16.6. The summed E-state index contributed by atoms with van der Waals surface area (Å²) >= 11 is 1.25. The van der Waals surface area contributed by atoms with Gasteiger partial charge in [0.25, 0.3) is 5.91 Å². The number of benzene rings is 1. The van der Waals surface area contributed by atoms with Gasteiger partial charge in [0.2, 0.25) is 5.91 Å². The average Bonchev–Trinajstić information content (AvgIpc) is 2.90. The van der Waals surface area contributed by atoms with Gasteiger partial charge in [0.15, 0.2) is 6.61 Å². The molecule has 2 aromatic rings. The molecule has 28 heavy (non-hydrogen) atoms. The molecule has 0 bridgehead atoms. The lowest BCUT2D eigenvalue weighted by molar-refractivity contribution is -0.125. The fourth-order valence-corrected chi connectivity index (χ4v) is 3.39. The van der Waals surface area contributed by atoms with Crippen LogP contribution in [-0.4, -0.2) is 58.9 Å². The SMILES string of the molecule is Cc1nn(C)c(C)c1NC(=O)COC(=O)c1ccccc1SCC(=O)N(C)C. The first-order chi connectivity index (χ1) is 13.2. The molecule has 0 saturated carbocycles. The Labute approximate surface area is 168 Å². The number of esters is 1. The van der Waals surface area contributed by atoms with Crippen LogP contribution >= 0.6 is 11.8 Å². The van der Waals surface area contributed by atoms with E-state index in [9.17, 15) is 14.4 Å². The molecule has 0 saturated heterocycles. The van der Waals surface area contributed by atoms with Crippen LogP contribution in [0.3, 0.4) is 0 Å². The lowest BCUT2D eigenvalue weighted by atomic mass is 10.2. The summed E-state index contributed by atoms with van der Waals surface area (Å²) in [5.41, 5.74) is 2.43. The van der Waals surface area contributed by atoms with E-state index < -0.39 is 18.5 Å². The summed E-state index contributed by atoms with van der Waals surface area (Å²) in [4.78, 5) is 38.5. The Kier molecular flexibility index (Phi) is 7.22. The van der Waals surface area contributed by atoms with E-state index >= 15 is 0 Å². The minimum absolute atomic E-state index is 0.0604. The van der Waals surface area contributed by atoms with E-state index in [0.717, 1.165) is 5.69 Å². The fourth-order valence-electron chi connectivity index (χ4n) is 2.37. The molecule has 9 heteroatoms. The summed E-state index contributed by atoms with van der Waals surface area (Å²) < 4.78 is 6.82. The number of thioether (sulfide) groups is 1. The number of carbonyl (C=O) groups is 3. The maximum absolute atomic E-state index is 12.4. The minimum atomic E-state index is -0.616. The predicted molar refractivity (Wildman–Crippen MR) is 107 cm³/mol. The first-order valence-corrected chi connectivity index (χ1v) is 9.58. The second kappa shape index (κ2) is 9.41. The van der Waals surface area contributed by atoms with Crippen LogP contribution in [0.4, 0.5) is 5.69 Å². The molecule has 0 unspecified atom stereocenters. The van der Waals surface area contributed by atoms with Crippen LogP contribution in [0.25, 0.3) is 0 Å². The highest BCUT2D eigenvalue weighted by molar-refractivity contribution is 8.00. The van der Waals surface area contributed by atoms with E-state index in [-0.39, 0.29) is 11.7 Å². The van der Waals surface area contributed by atoms with Gasteiger partial charge in [-0.05, 0) is 26.0 Å². The minimum Gasteiger partial charge on any atom is -0.452 e. The van der Waals surface area contributed by atoms with Gasteiger partial charge in [-0.1, -0.05) is 12.1 Å². The summed E-state index contributed by atoms with van der Waals surface area (Å²) in [5, 5.41) is 6.94. The Morgan fingerprint density at radius 2 is 1.89 bits per heavy atom. The average molecular weight is 404 g/mol. The monoisotopic (exact) mass is 404 g/mol. The van der Waals surface area contributed by atoms with Gasteiger partial charge in [0, 0.05) is 26.0 Å². The summed E-state index contributed by atoms with van der Waals surface area (Å²) in [5.74, 6) is -0.914. The number of rotatable bonds is 7. The molecule has 1 N–H and O–H groups in total. The summed E-state index contributed by atoms with van der Waals surface area (Å²) in [6.45, 7) is 3.21. The molecule has 0 spiro atoms. The van der Waals surface area contributed by atoms with Gasteiger partial charge in [-0.25, -0.2) is 4.79 Å². The molecular weight excluding hydrogens is 380 g/mol. The number of nitrogens with zero attached hydrogens (tertiary/aromatic N) is 3. The van der Waals surface area contributed by atoms with Crippen LogP contribution in [0.1, 0.15) is 21.7 Å². The number of nitrogens with one attached hydrogen (secondary N) is 1. The van der Waals surface area contributed by atoms with Gasteiger partial charge >= 0.3 is 5.97 Å². The molecule has 150 valence electrons. The molecule has 1 aromatic carbocycles. The number of hydrogen-bond donors (Lipinski definition) is 1. The van der Waals surface area contributed by atoms with Crippen molar-refractivity contribution in [1.29, 1.82) is 0 Å². The molecule has 0 aliphatic carbocycles. The van der Waals surface area contributed by atoms with Crippen molar-refractivity contribution in [1.82, 2.24) is 14.7 Å². The van der Waals surface area contributed by atoms with Crippen LogP contribution in [-0.2, 0) is 21.4 Å². The van der Waals surface area contributed by atoms with Crippen LogP contribution in [0.15, 0.2) is 29.2 Å². The number of ether oxygens (including phenoxy) is 1. The molecule has 0 atom stereocenters. The molecule has 1 aromatic heterocycles. The highest BCUT2D eigenvalue weighted by Gasteiger charge is 2.17. The second-order valence-corrected chi connectivity index (χ2v) is 7.38. The van der Waals surface area contributed by atoms with Crippen molar-refractivity contribution < 1.29 is 19.1 Å². The van der Waals surface area contributed by atoms with Crippen molar-refractivity contribution in [2.45, 2.75) is 18.7 Å². The smallest absolute Gasteiger partial charge is 0.339 e. The van der Waals surface area contributed by atoms with E-state index in [1.165, 1.54) is 16.7 Å². The first kappa shape index (κ1) is 21.5. The van der Waals surface area contributed by atoms with Crippen LogP contribution in [0, 0.1) is 13.8 Å². The lowest BCUT2D eigenvalue weighted by Gasteiger charge is -2.12. The lowest BCUT2D eigenvalue weighted by Crippen LogP contribution is -2.23. The maximum atomic E-state index is 12.4. The van der Waals surface area contributed by atoms with Crippen molar-refractivity contribution in [2.24, 2.45) is 7.05 Å². The van der Waals surface area contributed by atoms with Crippen LogP contribution in [0.5, 0.6) is 0 Å². The number of aromatic nitrogens is 2. The zero-order chi connectivity index (χ0) is 20.8. The molecule has 0 radical (unpaired) electrons. The Morgan fingerprint density at radius 3 is 2.50 bits per heavy atom. The van der Waals surface area contributed by atoms with Crippen molar-refractivity contribution in [3.05, 3.63) is 41.2 Å². The highest BCUT2D eigenvalue weighted by atomic mass is 32.2. The van der Waals surface area contributed by atoms with Gasteiger partial charge in [-0.2, -0.15) is 5.10 Å². The van der Waals surface area contributed by atoms with E-state index in [0.29, 0.717) is 21.8 Å². The van der Waals surface area contributed by atoms with E-state index in [2.05, 4.69) is 10.4 Å². The predicted octanol–water partition coefficient (Wildman–Crippen LogP) is 2.01. The van der Waals surface area contributed by atoms with E-state index in [4.69, 9.17) is 4.74 Å². The van der Waals surface area contributed by atoms with E-state index in [1.54, 1.807) is 57.0 Å². The summed E-state index contributed by atoms with van der Waals surface area (Å²) in [6, 6.07) is 6.83. The van der Waals surface area contributed by atoms with Crippen molar-refractivity contribution in [3.63, 3.8) is 0 Å². The Hall–Kier alpha value is -2.81. The van der Waals surface area contributed by atoms with E-state index in [1.807, 2.05) is 6.92 Å². The van der Waals surface area contributed by atoms with Crippen molar-refractivity contribution >= 4 is 35.2 Å². The first-order valence-electron chi connectivity index (χ1n) is 8.59. The second-order valence-electron chi connectivity index (χ2n) is 6.37. The highest BCUT2D eigenvalue weighted by Crippen LogP contribution is 2.24. The van der Waals surface area contributed by atoms with Crippen LogP contribution < -0.4 is 5.32 Å². The normalized spacial score (nSPS) is 10.5. The zero-order valence-corrected chi connectivity index (χ0v) is 17.4. The van der Waals surface area contributed by atoms with Crippen LogP contribution in [0.2, 0.25) is 0 Å². The fraction of sp³-hybridized carbons (Fsp3) is 0.368. The third-order valence-electron chi connectivity index (χ3n) is 4.06. The molecule has 8 nitrogen and oxygen atoms in total. The van der Waals surface area contributed by atoms with Gasteiger partial charge in [-0.15, -0.1) is 11.8 Å². The molecular formula is C19H24N4O4S. The number of aryl methyl sites for hydroxylation is 2. The van der Waals surface area contributed by atoms with Gasteiger partial charge < -0.3 is 15.0 Å². The molecule has 0 fully saturated rings. The van der Waals surface area contributed by atoms with Gasteiger partial charge in [0.1, 0.15) is 0 Å².